The van der Waals surface area contributed by atoms with E-state index >= 15 is 0 Å². The van der Waals surface area contributed by atoms with Gasteiger partial charge in [0.1, 0.15) is 0 Å². The van der Waals surface area contributed by atoms with E-state index in [0.717, 1.165) is 6.07 Å². The topological polar surface area (TPSA) is 107 Å². The SMILES string of the molecule is COCCNC(=O)c1cc([N+](=O)[O-])ccc1N. The zero-order valence-electron chi connectivity index (χ0n) is 9.30. The van der Waals surface area contributed by atoms with E-state index < -0.39 is 10.8 Å². The van der Waals surface area contributed by atoms with Gasteiger partial charge >= 0.3 is 0 Å². The molecule has 0 radical (unpaired) electrons. The zero-order chi connectivity index (χ0) is 12.8. The van der Waals surface area contributed by atoms with Crippen LogP contribution in [0.4, 0.5) is 11.4 Å². The molecule has 1 aromatic carbocycles. The normalized spacial score (nSPS) is 9.94. The first-order valence-electron chi connectivity index (χ1n) is 4.87. The minimum absolute atomic E-state index is 0.0929. The molecule has 7 nitrogen and oxygen atoms in total. The minimum Gasteiger partial charge on any atom is -0.398 e. The lowest BCUT2D eigenvalue weighted by Gasteiger charge is -2.06. The van der Waals surface area contributed by atoms with Crippen molar-refractivity contribution >= 4 is 17.3 Å². The fourth-order valence-corrected chi connectivity index (χ4v) is 1.22. The Morgan fingerprint density at radius 3 is 2.88 bits per heavy atom. The molecule has 1 aromatic rings. The van der Waals surface area contributed by atoms with Crippen molar-refractivity contribution in [1.29, 1.82) is 0 Å². The third-order valence-corrected chi connectivity index (χ3v) is 2.08. The summed E-state index contributed by atoms with van der Waals surface area (Å²) in [5.41, 5.74) is 5.70. The van der Waals surface area contributed by atoms with Crippen LogP contribution in [-0.2, 0) is 4.74 Å². The molecule has 1 amide bonds. The highest BCUT2D eigenvalue weighted by Crippen LogP contribution is 2.19. The minimum atomic E-state index is -0.578. The average molecular weight is 239 g/mol. The van der Waals surface area contributed by atoms with Crippen LogP contribution in [-0.4, -0.2) is 31.1 Å². The molecule has 0 heterocycles. The number of nitro groups is 1. The molecule has 0 aliphatic rings. The molecule has 0 bridgehead atoms. The number of nitrogens with one attached hydrogen (secondary N) is 1. The summed E-state index contributed by atoms with van der Waals surface area (Å²) >= 11 is 0. The van der Waals surface area contributed by atoms with Crippen LogP contribution in [0.1, 0.15) is 10.4 Å². The number of non-ortho nitro benzene ring substituents is 1. The van der Waals surface area contributed by atoms with Crippen LogP contribution >= 0.6 is 0 Å². The lowest BCUT2D eigenvalue weighted by Crippen LogP contribution is -2.27. The van der Waals surface area contributed by atoms with E-state index in [9.17, 15) is 14.9 Å². The van der Waals surface area contributed by atoms with E-state index in [0.29, 0.717) is 13.2 Å². The van der Waals surface area contributed by atoms with Gasteiger partial charge in [-0.1, -0.05) is 0 Å². The number of rotatable bonds is 5. The molecule has 92 valence electrons. The number of hydrogen-bond donors (Lipinski definition) is 2. The first-order valence-corrected chi connectivity index (χ1v) is 4.87. The second kappa shape index (κ2) is 5.80. The molecule has 0 aliphatic heterocycles. The van der Waals surface area contributed by atoms with E-state index in [1.165, 1.54) is 19.2 Å². The second-order valence-electron chi connectivity index (χ2n) is 3.28. The van der Waals surface area contributed by atoms with Crippen molar-refractivity contribution in [3.63, 3.8) is 0 Å². The molecule has 0 spiro atoms. The van der Waals surface area contributed by atoms with Crippen LogP contribution in [0.2, 0.25) is 0 Å². The van der Waals surface area contributed by atoms with Crippen molar-refractivity contribution < 1.29 is 14.5 Å². The maximum atomic E-state index is 11.6. The summed E-state index contributed by atoms with van der Waals surface area (Å²) in [6, 6.07) is 3.74. The number of carbonyl (C=O) groups excluding carboxylic acids is 1. The molecule has 7 heteroatoms. The summed E-state index contributed by atoms with van der Waals surface area (Å²) in [5, 5.41) is 13.1. The van der Waals surface area contributed by atoms with Crippen LogP contribution in [0.5, 0.6) is 0 Å². The van der Waals surface area contributed by atoms with Crippen LogP contribution in [0, 0.1) is 10.1 Å². The summed E-state index contributed by atoms with van der Waals surface area (Å²) in [6.07, 6.45) is 0. The number of benzene rings is 1. The number of nitrogens with zero attached hydrogens (tertiary/aromatic N) is 1. The van der Waals surface area contributed by atoms with Crippen molar-refractivity contribution in [2.24, 2.45) is 0 Å². The van der Waals surface area contributed by atoms with Crippen LogP contribution < -0.4 is 11.1 Å². The maximum Gasteiger partial charge on any atom is 0.270 e. The van der Waals surface area contributed by atoms with Crippen molar-refractivity contribution in [1.82, 2.24) is 5.32 Å². The predicted octanol–water partition coefficient (Wildman–Crippen LogP) is 0.553. The number of nitro benzene ring substituents is 1. The van der Waals surface area contributed by atoms with E-state index in [2.05, 4.69) is 5.32 Å². The number of amides is 1. The van der Waals surface area contributed by atoms with Gasteiger partial charge in [-0.3, -0.25) is 14.9 Å². The smallest absolute Gasteiger partial charge is 0.270 e. The summed E-state index contributed by atoms with van der Waals surface area (Å²) in [6.45, 7) is 0.679. The molecule has 0 fully saturated rings. The monoisotopic (exact) mass is 239 g/mol. The summed E-state index contributed by atoms with van der Waals surface area (Å²) in [4.78, 5) is 21.6. The predicted molar refractivity (Wildman–Crippen MR) is 61.7 cm³/mol. The van der Waals surface area contributed by atoms with Crippen molar-refractivity contribution in [2.45, 2.75) is 0 Å². The number of hydrogen-bond acceptors (Lipinski definition) is 5. The molecule has 0 saturated heterocycles. The zero-order valence-corrected chi connectivity index (χ0v) is 9.30. The average Bonchev–Trinajstić information content (AvgIpc) is 2.29. The third kappa shape index (κ3) is 3.42. The largest absolute Gasteiger partial charge is 0.398 e. The van der Waals surface area contributed by atoms with Crippen molar-refractivity contribution in [3.05, 3.63) is 33.9 Å². The Hall–Kier alpha value is -2.15. The Bertz CT molecular complexity index is 434. The quantitative estimate of drug-likeness (QED) is 0.337. The molecule has 0 aromatic heterocycles. The van der Waals surface area contributed by atoms with Gasteiger partial charge < -0.3 is 15.8 Å². The Kier molecular flexibility index (Phi) is 4.41. The highest BCUT2D eigenvalue weighted by Gasteiger charge is 2.14. The Morgan fingerprint density at radius 1 is 1.59 bits per heavy atom. The summed E-state index contributed by atoms with van der Waals surface area (Å²) in [5.74, 6) is -0.455. The lowest BCUT2D eigenvalue weighted by atomic mass is 10.1. The van der Waals surface area contributed by atoms with Gasteiger partial charge in [0.15, 0.2) is 0 Å². The van der Waals surface area contributed by atoms with E-state index in [1.807, 2.05) is 0 Å². The number of anilines is 1. The van der Waals surface area contributed by atoms with Crippen LogP contribution in [0.15, 0.2) is 18.2 Å². The van der Waals surface area contributed by atoms with Gasteiger partial charge in [-0.15, -0.1) is 0 Å². The number of carbonyl (C=O) groups is 1. The standard InChI is InChI=1S/C10H13N3O4/c1-17-5-4-12-10(14)8-6-7(13(15)16)2-3-9(8)11/h2-3,6H,4-5,11H2,1H3,(H,12,14). The highest BCUT2D eigenvalue weighted by atomic mass is 16.6. The van der Waals surface area contributed by atoms with Crippen LogP contribution in [0.25, 0.3) is 0 Å². The van der Waals surface area contributed by atoms with Gasteiger partial charge in [-0.25, -0.2) is 0 Å². The van der Waals surface area contributed by atoms with E-state index in [-0.39, 0.29) is 16.9 Å². The molecule has 0 atom stereocenters. The number of methoxy groups -OCH3 is 1. The highest BCUT2D eigenvalue weighted by molar-refractivity contribution is 5.99. The van der Waals surface area contributed by atoms with Crippen LogP contribution in [0.3, 0.4) is 0 Å². The third-order valence-electron chi connectivity index (χ3n) is 2.08. The lowest BCUT2D eigenvalue weighted by molar-refractivity contribution is -0.384. The molecular formula is C10H13N3O4. The molecular weight excluding hydrogens is 226 g/mol. The second-order valence-corrected chi connectivity index (χ2v) is 3.28. The van der Waals surface area contributed by atoms with Gasteiger partial charge in [0.05, 0.1) is 17.1 Å². The summed E-state index contributed by atoms with van der Waals surface area (Å²) < 4.78 is 4.77. The molecule has 0 unspecified atom stereocenters. The molecule has 3 N–H and O–H groups in total. The number of nitrogens with two attached hydrogens (primary N) is 1. The van der Waals surface area contributed by atoms with Crippen molar-refractivity contribution in [2.75, 3.05) is 26.0 Å². The van der Waals surface area contributed by atoms with Gasteiger partial charge in [0, 0.05) is 31.5 Å². The Labute approximate surface area is 97.7 Å². The molecule has 1 rings (SSSR count). The van der Waals surface area contributed by atoms with E-state index in [4.69, 9.17) is 10.5 Å². The first kappa shape index (κ1) is 12.9. The van der Waals surface area contributed by atoms with Gasteiger partial charge in [-0.2, -0.15) is 0 Å². The van der Waals surface area contributed by atoms with Gasteiger partial charge in [-0.05, 0) is 6.07 Å². The fourth-order valence-electron chi connectivity index (χ4n) is 1.22. The summed E-state index contributed by atoms with van der Waals surface area (Å²) in [7, 11) is 1.51. The molecule has 17 heavy (non-hydrogen) atoms. The van der Waals surface area contributed by atoms with Crippen molar-refractivity contribution in [3.8, 4) is 0 Å². The fraction of sp³-hybridized carbons (Fsp3) is 0.300. The molecule has 0 saturated carbocycles. The number of ether oxygens (including phenoxy) is 1. The molecule has 0 aliphatic carbocycles. The van der Waals surface area contributed by atoms with Gasteiger partial charge in [0.25, 0.3) is 11.6 Å². The number of nitrogen functional groups attached to an aromatic ring is 1. The Balaban J connectivity index is 2.84. The van der Waals surface area contributed by atoms with Gasteiger partial charge in [0.2, 0.25) is 0 Å². The Morgan fingerprint density at radius 2 is 2.29 bits per heavy atom. The maximum absolute atomic E-state index is 11.6. The first-order chi connectivity index (χ1) is 8.06. The van der Waals surface area contributed by atoms with E-state index in [1.54, 1.807) is 0 Å².